The van der Waals surface area contributed by atoms with Crippen LogP contribution in [0.4, 0.5) is 13.6 Å². The largest absolute Gasteiger partial charge is 0.435 e. The van der Waals surface area contributed by atoms with Crippen molar-refractivity contribution >= 4 is 6.03 Å². The fraction of sp³-hybridized carbons (Fsp3) is 0.316. The lowest BCUT2D eigenvalue weighted by Crippen LogP contribution is -2.38. The quantitative estimate of drug-likeness (QED) is 0.835. The van der Waals surface area contributed by atoms with E-state index in [0.29, 0.717) is 6.54 Å². The van der Waals surface area contributed by atoms with Gasteiger partial charge in [-0.15, -0.1) is 0 Å². The molecule has 0 aromatic heterocycles. The van der Waals surface area contributed by atoms with Gasteiger partial charge in [0.1, 0.15) is 5.75 Å². The van der Waals surface area contributed by atoms with E-state index in [2.05, 4.69) is 10.1 Å². The van der Waals surface area contributed by atoms with E-state index in [1.54, 1.807) is 24.1 Å². The summed E-state index contributed by atoms with van der Waals surface area (Å²) in [4.78, 5) is 14.0. The number of hydrogen-bond donors (Lipinski definition) is 1. The average molecular weight is 348 g/mol. The van der Waals surface area contributed by atoms with Gasteiger partial charge < -0.3 is 15.0 Å². The van der Waals surface area contributed by atoms with Gasteiger partial charge in [0.05, 0.1) is 6.04 Å². The van der Waals surface area contributed by atoms with Gasteiger partial charge >= 0.3 is 12.6 Å². The van der Waals surface area contributed by atoms with Crippen LogP contribution in [0.15, 0.2) is 48.5 Å². The summed E-state index contributed by atoms with van der Waals surface area (Å²) < 4.78 is 28.6. The van der Waals surface area contributed by atoms with Crippen LogP contribution in [0.2, 0.25) is 0 Å². The number of aryl methyl sites for hydroxylation is 1. The molecule has 0 fully saturated rings. The highest BCUT2D eigenvalue weighted by Gasteiger charge is 2.14. The number of hydrogen-bond acceptors (Lipinski definition) is 2. The van der Waals surface area contributed by atoms with E-state index in [0.717, 1.165) is 16.7 Å². The molecule has 0 heterocycles. The number of rotatable bonds is 6. The van der Waals surface area contributed by atoms with Crippen molar-refractivity contribution < 1.29 is 18.3 Å². The third kappa shape index (κ3) is 5.45. The number of ether oxygens (including phenoxy) is 1. The normalized spacial score (nSPS) is 11.9. The van der Waals surface area contributed by atoms with E-state index in [-0.39, 0.29) is 17.8 Å². The van der Waals surface area contributed by atoms with Crippen LogP contribution in [0.5, 0.6) is 5.75 Å². The third-order valence-electron chi connectivity index (χ3n) is 3.96. The van der Waals surface area contributed by atoms with Gasteiger partial charge in [0.2, 0.25) is 0 Å². The number of halogens is 2. The monoisotopic (exact) mass is 348 g/mol. The van der Waals surface area contributed by atoms with Crippen molar-refractivity contribution in [3.8, 4) is 5.75 Å². The molecule has 4 nitrogen and oxygen atoms in total. The Morgan fingerprint density at radius 1 is 1.16 bits per heavy atom. The Balaban J connectivity index is 1.93. The highest BCUT2D eigenvalue weighted by Crippen LogP contribution is 2.19. The third-order valence-corrected chi connectivity index (χ3v) is 3.96. The SMILES string of the molecule is Cc1ccccc1CN(C)C(=O)NC(C)c1ccc(OC(F)F)cc1. The maximum absolute atomic E-state index is 12.3. The van der Waals surface area contributed by atoms with Crippen LogP contribution >= 0.6 is 0 Å². The molecule has 0 aliphatic rings. The first-order chi connectivity index (χ1) is 11.9. The summed E-state index contributed by atoms with van der Waals surface area (Å²) in [6.07, 6.45) is 0. The minimum atomic E-state index is -2.85. The van der Waals surface area contributed by atoms with Crippen LogP contribution in [0.1, 0.15) is 29.7 Å². The van der Waals surface area contributed by atoms with Gasteiger partial charge in [-0.1, -0.05) is 36.4 Å². The van der Waals surface area contributed by atoms with Crippen molar-refractivity contribution in [1.29, 1.82) is 0 Å². The lowest BCUT2D eigenvalue weighted by Gasteiger charge is -2.22. The first-order valence-electron chi connectivity index (χ1n) is 7.97. The molecule has 2 rings (SSSR count). The molecule has 1 unspecified atom stereocenters. The van der Waals surface area contributed by atoms with E-state index < -0.39 is 6.61 Å². The van der Waals surface area contributed by atoms with Gasteiger partial charge in [0, 0.05) is 13.6 Å². The van der Waals surface area contributed by atoms with Gasteiger partial charge in [-0.25, -0.2) is 4.79 Å². The van der Waals surface area contributed by atoms with Crippen molar-refractivity contribution in [3.05, 3.63) is 65.2 Å². The number of nitrogens with one attached hydrogen (secondary N) is 1. The van der Waals surface area contributed by atoms with E-state index in [4.69, 9.17) is 0 Å². The summed E-state index contributed by atoms with van der Waals surface area (Å²) in [6.45, 7) is 1.50. The van der Waals surface area contributed by atoms with Crippen LogP contribution in [0.25, 0.3) is 0 Å². The second kappa shape index (κ2) is 8.46. The van der Waals surface area contributed by atoms with E-state index in [9.17, 15) is 13.6 Å². The first kappa shape index (κ1) is 18.7. The smallest absolute Gasteiger partial charge is 0.387 e. The summed E-state index contributed by atoms with van der Waals surface area (Å²) in [5.74, 6) is 0.0916. The number of nitrogens with zero attached hydrogens (tertiary/aromatic N) is 1. The Kier molecular flexibility index (Phi) is 6.33. The highest BCUT2D eigenvalue weighted by atomic mass is 19.3. The van der Waals surface area contributed by atoms with Crippen molar-refractivity contribution in [2.75, 3.05) is 7.05 Å². The van der Waals surface area contributed by atoms with Crippen LogP contribution in [-0.4, -0.2) is 24.6 Å². The zero-order chi connectivity index (χ0) is 18.4. The lowest BCUT2D eigenvalue weighted by atomic mass is 10.1. The number of alkyl halides is 2. The molecule has 1 atom stereocenters. The van der Waals surface area contributed by atoms with E-state index in [1.165, 1.54) is 12.1 Å². The van der Waals surface area contributed by atoms with Crippen molar-refractivity contribution in [1.82, 2.24) is 10.2 Å². The number of carbonyl (C=O) groups is 1. The molecule has 1 N–H and O–H groups in total. The Morgan fingerprint density at radius 3 is 2.40 bits per heavy atom. The van der Waals surface area contributed by atoms with Crippen LogP contribution in [0, 0.1) is 6.92 Å². The standard InChI is InChI=1S/C19H22F2N2O2/c1-13-6-4-5-7-16(13)12-23(3)19(24)22-14(2)15-8-10-17(11-9-15)25-18(20)21/h4-11,14,18H,12H2,1-3H3,(H,22,24). The minimum Gasteiger partial charge on any atom is -0.435 e. The van der Waals surface area contributed by atoms with Crippen LogP contribution in [0.3, 0.4) is 0 Å². The molecule has 25 heavy (non-hydrogen) atoms. The fourth-order valence-electron chi connectivity index (χ4n) is 2.43. The maximum atomic E-state index is 12.3. The van der Waals surface area contributed by atoms with Crippen molar-refractivity contribution in [3.63, 3.8) is 0 Å². The molecule has 0 aliphatic carbocycles. The highest BCUT2D eigenvalue weighted by molar-refractivity contribution is 5.74. The summed E-state index contributed by atoms with van der Waals surface area (Å²) in [5, 5.41) is 2.89. The molecule has 0 radical (unpaired) electrons. The van der Waals surface area contributed by atoms with Gasteiger partial charge in [0.15, 0.2) is 0 Å². The average Bonchev–Trinajstić information content (AvgIpc) is 2.56. The minimum absolute atomic E-state index is 0.0916. The van der Waals surface area contributed by atoms with Gasteiger partial charge in [-0.3, -0.25) is 0 Å². The summed E-state index contributed by atoms with van der Waals surface area (Å²) in [7, 11) is 1.73. The first-order valence-corrected chi connectivity index (χ1v) is 7.97. The zero-order valence-corrected chi connectivity index (χ0v) is 14.5. The van der Waals surface area contributed by atoms with Crippen LogP contribution in [-0.2, 0) is 6.54 Å². The second-order valence-corrected chi connectivity index (χ2v) is 5.90. The molecule has 2 aromatic carbocycles. The zero-order valence-electron chi connectivity index (χ0n) is 14.5. The van der Waals surface area contributed by atoms with Gasteiger partial charge in [-0.2, -0.15) is 8.78 Å². The van der Waals surface area contributed by atoms with E-state index in [1.807, 2.05) is 38.1 Å². The molecule has 6 heteroatoms. The molecule has 0 saturated heterocycles. The Morgan fingerprint density at radius 2 is 1.80 bits per heavy atom. The van der Waals surface area contributed by atoms with Crippen molar-refractivity contribution in [2.24, 2.45) is 0 Å². The summed E-state index contributed by atoms with van der Waals surface area (Å²) in [5.41, 5.74) is 3.02. The molecular weight excluding hydrogens is 326 g/mol. The Bertz CT molecular complexity index is 705. The molecule has 2 aromatic rings. The lowest BCUT2D eigenvalue weighted by molar-refractivity contribution is -0.0498. The van der Waals surface area contributed by atoms with Crippen molar-refractivity contribution in [2.45, 2.75) is 33.0 Å². The van der Waals surface area contributed by atoms with E-state index >= 15 is 0 Å². The summed E-state index contributed by atoms with van der Waals surface area (Å²) in [6, 6.07) is 13.7. The topological polar surface area (TPSA) is 41.6 Å². The number of urea groups is 1. The van der Waals surface area contributed by atoms with Crippen LogP contribution < -0.4 is 10.1 Å². The molecule has 0 saturated carbocycles. The predicted molar refractivity (Wildman–Crippen MR) is 92.7 cm³/mol. The summed E-state index contributed by atoms with van der Waals surface area (Å²) >= 11 is 0. The van der Waals surface area contributed by atoms with Gasteiger partial charge in [-0.05, 0) is 42.7 Å². The molecule has 0 bridgehead atoms. The molecule has 134 valence electrons. The molecular formula is C19H22F2N2O2. The molecule has 2 amide bonds. The second-order valence-electron chi connectivity index (χ2n) is 5.90. The van der Waals surface area contributed by atoms with Gasteiger partial charge in [0.25, 0.3) is 0 Å². The molecule has 0 aliphatic heterocycles. The predicted octanol–water partition coefficient (Wildman–Crippen LogP) is 4.50. The molecule has 0 spiro atoms. The fourth-order valence-corrected chi connectivity index (χ4v) is 2.43. The number of benzene rings is 2. The maximum Gasteiger partial charge on any atom is 0.387 e. The number of amides is 2. The number of carbonyl (C=O) groups excluding carboxylic acids is 1. The Labute approximate surface area is 146 Å². The Hall–Kier alpha value is -2.63.